The van der Waals surface area contributed by atoms with E-state index in [9.17, 15) is 14.0 Å². The molecule has 0 aliphatic carbocycles. The maximum absolute atomic E-state index is 14.4. The van der Waals surface area contributed by atoms with Gasteiger partial charge in [0.25, 0.3) is 5.56 Å². The summed E-state index contributed by atoms with van der Waals surface area (Å²) in [6, 6.07) is 8.78. The molecule has 0 bridgehead atoms. The molecule has 0 saturated carbocycles. The van der Waals surface area contributed by atoms with Crippen molar-refractivity contribution in [2.45, 2.75) is 26.7 Å². The summed E-state index contributed by atoms with van der Waals surface area (Å²) in [7, 11) is 0. The zero-order chi connectivity index (χ0) is 22.0. The van der Waals surface area contributed by atoms with Crippen LogP contribution in [0.2, 0.25) is 0 Å². The van der Waals surface area contributed by atoms with Gasteiger partial charge in [0, 0.05) is 43.7 Å². The van der Waals surface area contributed by atoms with Crippen LogP contribution in [-0.2, 0) is 11.2 Å². The quantitative estimate of drug-likeness (QED) is 0.675. The van der Waals surface area contributed by atoms with Crippen LogP contribution in [0.4, 0.5) is 10.3 Å². The van der Waals surface area contributed by atoms with Gasteiger partial charge < -0.3 is 14.3 Å². The summed E-state index contributed by atoms with van der Waals surface area (Å²) in [6.45, 7) is 5.72. The van der Waals surface area contributed by atoms with Crippen LogP contribution in [0, 0.1) is 19.7 Å². The number of H-pyrrole nitrogens is 1. The van der Waals surface area contributed by atoms with E-state index in [-0.39, 0.29) is 11.6 Å². The molecule has 1 aromatic carbocycles. The fourth-order valence-electron chi connectivity index (χ4n) is 3.80. The number of carbonyl (C=O) groups excluding carboxylic acids is 1. The molecular formula is C22H24FN5O3. The highest BCUT2D eigenvalue weighted by atomic mass is 19.1. The van der Waals surface area contributed by atoms with Gasteiger partial charge in [-0.25, -0.2) is 4.98 Å². The number of nitrogens with one attached hydrogen (secondary N) is 1. The molecular weight excluding hydrogens is 401 g/mol. The monoisotopic (exact) mass is 425 g/mol. The lowest BCUT2D eigenvalue weighted by Gasteiger charge is -2.35. The lowest BCUT2D eigenvalue weighted by Crippen LogP contribution is -2.49. The van der Waals surface area contributed by atoms with E-state index >= 15 is 0 Å². The molecule has 1 amide bonds. The van der Waals surface area contributed by atoms with Crippen molar-refractivity contribution in [2.24, 2.45) is 0 Å². The lowest BCUT2D eigenvalue weighted by molar-refractivity contribution is -0.131. The van der Waals surface area contributed by atoms with Crippen molar-refractivity contribution in [3.63, 3.8) is 0 Å². The summed E-state index contributed by atoms with van der Waals surface area (Å²) in [5.41, 5.74) is 1.56. The Labute approximate surface area is 178 Å². The Bertz CT molecular complexity index is 1110. The number of hydrogen-bond acceptors (Lipinski definition) is 6. The summed E-state index contributed by atoms with van der Waals surface area (Å²) in [6.07, 6.45) is 0.972. The predicted molar refractivity (Wildman–Crippen MR) is 113 cm³/mol. The minimum absolute atomic E-state index is 0.0253. The molecule has 1 saturated heterocycles. The van der Waals surface area contributed by atoms with Gasteiger partial charge in [-0.1, -0.05) is 35.5 Å². The third-order valence-electron chi connectivity index (χ3n) is 5.60. The SMILES string of the molecule is Cc1noc(C)c1CCC(=O)N1CCN(c2nc(-c3ccccc3)c(F)c(=O)[nH]2)CC1. The Morgan fingerprint density at radius 3 is 2.52 bits per heavy atom. The zero-order valence-corrected chi connectivity index (χ0v) is 17.5. The molecule has 0 spiro atoms. The van der Waals surface area contributed by atoms with Crippen LogP contribution in [0.25, 0.3) is 11.3 Å². The van der Waals surface area contributed by atoms with E-state index in [1.807, 2.05) is 24.8 Å². The highest BCUT2D eigenvalue weighted by Gasteiger charge is 2.24. The van der Waals surface area contributed by atoms with Crippen molar-refractivity contribution in [3.05, 3.63) is 63.5 Å². The Kier molecular flexibility index (Phi) is 5.83. The first-order chi connectivity index (χ1) is 14.9. The molecule has 0 unspecified atom stereocenters. The average Bonchev–Trinajstić information content (AvgIpc) is 3.11. The minimum atomic E-state index is -0.900. The van der Waals surface area contributed by atoms with Crippen LogP contribution < -0.4 is 10.5 Å². The molecule has 1 N–H and O–H groups in total. The van der Waals surface area contributed by atoms with Crippen LogP contribution >= 0.6 is 0 Å². The predicted octanol–water partition coefficient (Wildman–Crippen LogP) is 2.46. The summed E-state index contributed by atoms with van der Waals surface area (Å²) in [4.78, 5) is 35.3. The van der Waals surface area contributed by atoms with Gasteiger partial charge >= 0.3 is 0 Å². The van der Waals surface area contributed by atoms with Gasteiger partial charge in [0.05, 0.1) is 5.69 Å². The van der Waals surface area contributed by atoms with Crippen LogP contribution in [0.15, 0.2) is 39.6 Å². The fourth-order valence-corrected chi connectivity index (χ4v) is 3.80. The normalized spacial score (nSPS) is 14.2. The van der Waals surface area contributed by atoms with Crippen molar-refractivity contribution in [1.82, 2.24) is 20.0 Å². The summed E-state index contributed by atoms with van der Waals surface area (Å²) in [5, 5.41) is 3.92. The number of amides is 1. The molecule has 4 rings (SSSR count). The molecule has 3 heterocycles. The fraction of sp³-hybridized carbons (Fsp3) is 0.364. The van der Waals surface area contributed by atoms with E-state index in [4.69, 9.17) is 4.52 Å². The number of aryl methyl sites for hydroxylation is 2. The first-order valence-corrected chi connectivity index (χ1v) is 10.2. The van der Waals surface area contributed by atoms with Crippen LogP contribution in [0.3, 0.4) is 0 Å². The largest absolute Gasteiger partial charge is 0.361 e. The number of hydrogen-bond donors (Lipinski definition) is 1. The number of benzene rings is 1. The van der Waals surface area contributed by atoms with E-state index in [2.05, 4.69) is 15.1 Å². The number of halogens is 1. The van der Waals surface area contributed by atoms with Crippen molar-refractivity contribution in [3.8, 4) is 11.3 Å². The number of carbonyl (C=O) groups is 1. The van der Waals surface area contributed by atoms with Crippen molar-refractivity contribution in [2.75, 3.05) is 31.1 Å². The smallest absolute Gasteiger partial charge is 0.289 e. The first kappa shape index (κ1) is 20.8. The van der Waals surface area contributed by atoms with Gasteiger partial charge in [0.1, 0.15) is 11.5 Å². The number of anilines is 1. The molecule has 9 heteroatoms. The number of nitrogens with zero attached hydrogens (tertiary/aromatic N) is 4. The molecule has 162 valence electrons. The molecule has 1 aliphatic rings. The molecule has 1 fully saturated rings. The number of rotatable bonds is 5. The maximum atomic E-state index is 14.4. The second-order valence-corrected chi connectivity index (χ2v) is 7.59. The highest BCUT2D eigenvalue weighted by Crippen LogP contribution is 2.21. The lowest BCUT2D eigenvalue weighted by atomic mass is 10.1. The zero-order valence-electron chi connectivity index (χ0n) is 17.5. The van der Waals surface area contributed by atoms with Gasteiger partial charge in [-0.15, -0.1) is 0 Å². The number of piperazine rings is 1. The van der Waals surface area contributed by atoms with Gasteiger partial charge in [-0.3, -0.25) is 14.6 Å². The minimum Gasteiger partial charge on any atom is -0.361 e. The number of aromatic amines is 1. The van der Waals surface area contributed by atoms with Gasteiger partial charge in [-0.2, -0.15) is 4.39 Å². The van der Waals surface area contributed by atoms with Crippen LogP contribution in [-0.4, -0.2) is 52.1 Å². The Morgan fingerprint density at radius 2 is 1.87 bits per heavy atom. The second kappa shape index (κ2) is 8.71. The Morgan fingerprint density at radius 1 is 1.16 bits per heavy atom. The van der Waals surface area contributed by atoms with E-state index in [1.54, 1.807) is 29.2 Å². The molecule has 3 aromatic rings. The second-order valence-electron chi connectivity index (χ2n) is 7.59. The van der Waals surface area contributed by atoms with E-state index in [0.29, 0.717) is 50.5 Å². The highest BCUT2D eigenvalue weighted by molar-refractivity contribution is 5.76. The molecule has 8 nitrogen and oxygen atoms in total. The first-order valence-electron chi connectivity index (χ1n) is 10.2. The van der Waals surface area contributed by atoms with Crippen LogP contribution in [0.5, 0.6) is 0 Å². The third kappa shape index (κ3) is 4.35. The molecule has 0 atom stereocenters. The number of aromatic nitrogens is 3. The van der Waals surface area contributed by atoms with E-state index in [0.717, 1.165) is 17.0 Å². The van der Waals surface area contributed by atoms with Crippen molar-refractivity contribution >= 4 is 11.9 Å². The van der Waals surface area contributed by atoms with Crippen LogP contribution in [0.1, 0.15) is 23.4 Å². The Hall–Kier alpha value is -3.49. The third-order valence-corrected chi connectivity index (χ3v) is 5.60. The standard InChI is InChI=1S/C22H24FN5O3/c1-14-17(15(2)31-26-14)8-9-18(29)27-10-12-28(13-11-27)22-24-20(19(23)21(30)25-22)16-6-4-3-5-7-16/h3-7H,8-13H2,1-2H3,(H,24,25,30). The molecule has 2 aromatic heterocycles. The Balaban J connectivity index is 1.41. The van der Waals surface area contributed by atoms with Crippen molar-refractivity contribution in [1.29, 1.82) is 0 Å². The summed E-state index contributed by atoms with van der Waals surface area (Å²) in [5.74, 6) is 0.219. The molecule has 1 aliphatic heterocycles. The van der Waals surface area contributed by atoms with Gasteiger partial charge in [0.15, 0.2) is 0 Å². The van der Waals surface area contributed by atoms with Crippen molar-refractivity contribution < 1.29 is 13.7 Å². The van der Waals surface area contributed by atoms with Gasteiger partial charge in [0.2, 0.25) is 17.7 Å². The van der Waals surface area contributed by atoms with E-state index in [1.165, 1.54) is 0 Å². The maximum Gasteiger partial charge on any atom is 0.289 e. The van der Waals surface area contributed by atoms with Gasteiger partial charge in [-0.05, 0) is 20.3 Å². The van der Waals surface area contributed by atoms with E-state index < -0.39 is 11.4 Å². The topological polar surface area (TPSA) is 95.3 Å². The molecule has 0 radical (unpaired) electrons. The molecule has 31 heavy (non-hydrogen) atoms. The summed E-state index contributed by atoms with van der Waals surface area (Å²) < 4.78 is 19.5. The average molecular weight is 425 g/mol. The summed E-state index contributed by atoms with van der Waals surface area (Å²) >= 11 is 0.